The first-order chi connectivity index (χ1) is 9.04. The minimum absolute atomic E-state index is 0.290. The fourth-order valence-electron chi connectivity index (χ4n) is 1.78. The molecule has 0 fully saturated rings. The van der Waals surface area contributed by atoms with Gasteiger partial charge in [0.2, 0.25) is 0 Å². The summed E-state index contributed by atoms with van der Waals surface area (Å²) in [5.41, 5.74) is 7.66. The summed E-state index contributed by atoms with van der Waals surface area (Å²) < 4.78 is 7.48. The molecule has 2 aromatic rings. The number of esters is 1. The largest absolute Gasteiger partial charge is 0.462 e. The monoisotopic (exact) mass is 323 g/mol. The maximum atomic E-state index is 11.8. The van der Waals surface area contributed by atoms with Crippen molar-refractivity contribution >= 4 is 27.7 Å². The second kappa shape index (κ2) is 5.44. The molecule has 5 nitrogen and oxygen atoms in total. The topological polar surface area (TPSA) is 70.1 Å². The SMILES string of the molecule is CCOC(=O)c1c(C)nn(-c2ccc(Br)cc2)c1N. The molecule has 0 radical (unpaired) electrons. The number of carbonyl (C=O) groups is 1. The molecule has 2 N–H and O–H groups in total. The van der Waals surface area contributed by atoms with Gasteiger partial charge in [0, 0.05) is 4.47 Å². The van der Waals surface area contributed by atoms with Gasteiger partial charge < -0.3 is 10.5 Å². The van der Waals surface area contributed by atoms with Crippen LogP contribution in [0.5, 0.6) is 0 Å². The van der Waals surface area contributed by atoms with E-state index in [1.165, 1.54) is 4.68 Å². The number of hydrogen-bond acceptors (Lipinski definition) is 4. The zero-order valence-electron chi connectivity index (χ0n) is 10.7. The lowest BCUT2D eigenvalue weighted by Crippen LogP contribution is -2.09. The van der Waals surface area contributed by atoms with Crippen LogP contribution >= 0.6 is 15.9 Å². The molecule has 0 aliphatic heterocycles. The van der Waals surface area contributed by atoms with Crippen LogP contribution < -0.4 is 5.73 Å². The molecule has 2 rings (SSSR count). The van der Waals surface area contributed by atoms with Crippen molar-refractivity contribution in [3.8, 4) is 5.69 Å². The van der Waals surface area contributed by atoms with Gasteiger partial charge in [-0.05, 0) is 38.1 Å². The summed E-state index contributed by atoms with van der Waals surface area (Å²) in [6.07, 6.45) is 0. The third-order valence-corrected chi connectivity index (χ3v) is 3.18. The number of benzene rings is 1. The van der Waals surface area contributed by atoms with Crippen molar-refractivity contribution in [2.75, 3.05) is 12.3 Å². The highest BCUT2D eigenvalue weighted by molar-refractivity contribution is 9.10. The van der Waals surface area contributed by atoms with Gasteiger partial charge in [-0.2, -0.15) is 5.10 Å². The number of hydrogen-bond donors (Lipinski definition) is 1. The Morgan fingerprint density at radius 3 is 2.63 bits per heavy atom. The Morgan fingerprint density at radius 2 is 2.05 bits per heavy atom. The van der Waals surface area contributed by atoms with Crippen molar-refractivity contribution < 1.29 is 9.53 Å². The Morgan fingerprint density at radius 1 is 1.42 bits per heavy atom. The van der Waals surface area contributed by atoms with Crippen LogP contribution in [0.15, 0.2) is 28.7 Å². The fraction of sp³-hybridized carbons (Fsp3) is 0.231. The van der Waals surface area contributed by atoms with E-state index in [4.69, 9.17) is 10.5 Å². The summed E-state index contributed by atoms with van der Waals surface area (Å²) in [5, 5.41) is 4.29. The quantitative estimate of drug-likeness (QED) is 0.881. The molecule has 0 saturated carbocycles. The third-order valence-electron chi connectivity index (χ3n) is 2.65. The predicted molar refractivity (Wildman–Crippen MR) is 76.4 cm³/mol. The Kier molecular flexibility index (Phi) is 3.90. The number of aromatic nitrogens is 2. The van der Waals surface area contributed by atoms with Crippen molar-refractivity contribution in [3.05, 3.63) is 40.0 Å². The maximum Gasteiger partial charge on any atom is 0.343 e. The Bertz CT molecular complexity index is 605. The van der Waals surface area contributed by atoms with Crippen molar-refractivity contribution in [1.82, 2.24) is 9.78 Å². The zero-order chi connectivity index (χ0) is 14.0. The minimum Gasteiger partial charge on any atom is -0.462 e. The molecular formula is C13H14BrN3O2. The summed E-state index contributed by atoms with van der Waals surface area (Å²) in [4.78, 5) is 11.8. The van der Waals surface area contributed by atoms with Gasteiger partial charge in [-0.25, -0.2) is 9.48 Å². The van der Waals surface area contributed by atoms with Crippen LogP contribution in [-0.4, -0.2) is 22.4 Å². The van der Waals surface area contributed by atoms with Gasteiger partial charge in [0.05, 0.1) is 18.0 Å². The molecule has 0 aliphatic rings. The van der Waals surface area contributed by atoms with E-state index < -0.39 is 5.97 Å². The first kappa shape index (κ1) is 13.6. The lowest BCUT2D eigenvalue weighted by Gasteiger charge is -2.05. The van der Waals surface area contributed by atoms with E-state index in [0.717, 1.165) is 10.2 Å². The number of ether oxygens (including phenoxy) is 1. The van der Waals surface area contributed by atoms with Crippen LogP contribution in [0.1, 0.15) is 23.0 Å². The molecule has 0 spiro atoms. The summed E-state index contributed by atoms with van der Waals surface area (Å²) in [5.74, 6) is -0.154. The molecule has 1 aromatic carbocycles. The standard InChI is InChI=1S/C13H14BrN3O2/c1-3-19-13(18)11-8(2)16-17(12(11)15)10-6-4-9(14)5-7-10/h4-7H,3,15H2,1-2H3. The van der Waals surface area contributed by atoms with Gasteiger partial charge in [0.25, 0.3) is 0 Å². The van der Waals surface area contributed by atoms with Crippen LogP contribution in [0, 0.1) is 6.92 Å². The van der Waals surface area contributed by atoms with Gasteiger partial charge in [0.15, 0.2) is 0 Å². The van der Waals surface area contributed by atoms with E-state index in [9.17, 15) is 4.79 Å². The molecule has 6 heteroatoms. The van der Waals surface area contributed by atoms with E-state index in [-0.39, 0.29) is 0 Å². The Labute approximate surface area is 119 Å². The summed E-state index contributed by atoms with van der Waals surface area (Å²) in [6.45, 7) is 3.79. The lowest BCUT2D eigenvalue weighted by molar-refractivity contribution is 0.0527. The van der Waals surface area contributed by atoms with Crippen molar-refractivity contribution in [3.63, 3.8) is 0 Å². The van der Waals surface area contributed by atoms with Crippen LogP contribution in [0.25, 0.3) is 5.69 Å². The number of aryl methyl sites for hydroxylation is 1. The third kappa shape index (κ3) is 2.63. The molecule has 0 aliphatic carbocycles. The van der Waals surface area contributed by atoms with E-state index in [0.29, 0.717) is 23.7 Å². The van der Waals surface area contributed by atoms with Crippen LogP contribution in [0.2, 0.25) is 0 Å². The summed E-state index contributed by atoms with van der Waals surface area (Å²) >= 11 is 3.36. The predicted octanol–water partition coefficient (Wildman–Crippen LogP) is 2.70. The average molecular weight is 324 g/mol. The molecule has 1 heterocycles. The van der Waals surface area contributed by atoms with E-state index in [1.54, 1.807) is 13.8 Å². The number of halogens is 1. The molecule has 0 saturated heterocycles. The lowest BCUT2D eigenvalue weighted by atomic mass is 10.2. The molecule has 0 bridgehead atoms. The highest BCUT2D eigenvalue weighted by atomic mass is 79.9. The summed E-state index contributed by atoms with van der Waals surface area (Å²) in [7, 11) is 0. The molecule has 100 valence electrons. The number of nitrogen functional groups attached to an aromatic ring is 1. The van der Waals surface area contributed by atoms with Gasteiger partial charge in [0.1, 0.15) is 11.4 Å². The normalized spacial score (nSPS) is 10.5. The van der Waals surface area contributed by atoms with Crippen LogP contribution in [-0.2, 0) is 4.74 Å². The number of anilines is 1. The number of carbonyl (C=O) groups excluding carboxylic acids is 1. The first-order valence-electron chi connectivity index (χ1n) is 5.82. The van der Waals surface area contributed by atoms with Gasteiger partial charge >= 0.3 is 5.97 Å². The van der Waals surface area contributed by atoms with E-state index in [2.05, 4.69) is 21.0 Å². The number of nitrogens with zero attached hydrogens (tertiary/aromatic N) is 2. The van der Waals surface area contributed by atoms with Crippen molar-refractivity contribution in [2.24, 2.45) is 0 Å². The molecule has 19 heavy (non-hydrogen) atoms. The van der Waals surface area contributed by atoms with Crippen molar-refractivity contribution in [2.45, 2.75) is 13.8 Å². The number of nitrogens with two attached hydrogens (primary N) is 1. The summed E-state index contributed by atoms with van der Waals surface area (Å²) in [6, 6.07) is 7.50. The molecule has 1 aromatic heterocycles. The number of rotatable bonds is 3. The molecular weight excluding hydrogens is 310 g/mol. The fourth-order valence-corrected chi connectivity index (χ4v) is 2.04. The van der Waals surface area contributed by atoms with Crippen molar-refractivity contribution in [1.29, 1.82) is 0 Å². The van der Waals surface area contributed by atoms with Gasteiger partial charge in [-0.15, -0.1) is 0 Å². The van der Waals surface area contributed by atoms with Gasteiger partial charge in [-0.1, -0.05) is 15.9 Å². The highest BCUT2D eigenvalue weighted by Crippen LogP contribution is 2.22. The van der Waals surface area contributed by atoms with E-state index >= 15 is 0 Å². The molecule has 0 atom stereocenters. The minimum atomic E-state index is -0.444. The zero-order valence-corrected chi connectivity index (χ0v) is 12.3. The highest BCUT2D eigenvalue weighted by Gasteiger charge is 2.21. The second-order valence-corrected chi connectivity index (χ2v) is 4.87. The smallest absolute Gasteiger partial charge is 0.343 e. The first-order valence-corrected chi connectivity index (χ1v) is 6.62. The Hall–Kier alpha value is -1.82. The maximum absolute atomic E-state index is 11.8. The average Bonchev–Trinajstić information content (AvgIpc) is 2.66. The van der Waals surface area contributed by atoms with E-state index in [1.807, 2.05) is 24.3 Å². The Balaban J connectivity index is 2.46. The molecule has 0 amide bonds. The van der Waals surface area contributed by atoms with Crippen LogP contribution in [0.3, 0.4) is 0 Å². The van der Waals surface area contributed by atoms with Gasteiger partial charge in [-0.3, -0.25) is 0 Å². The van der Waals surface area contributed by atoms with Crippen LogP contribution in [0.4, 0.5) is 5.82 Å². The second-order valence-electron chi connectivity index (χ2n) is 3.95. The molecule has 0 unspecified atom stereocenters.